The number of hydrogen-bond donors (Lipinski definition) is 0. The molecule has 0 radical (unpaired) electrons. The van der Waals surface area contributed by atoms with E-state index >= 15 is 0 Å². The molecule has 0 bridgehead atoms. The van der Waals surface area contributed by atoms with Gasteiger partial charge in [0.05, 0.1) is 10.7 Å². The Bertz CT molecular complexity index is 693. The van der Waals surface area contributed by atoms with E-state index in [0.29, 0.717) is 0 Å². The van der Waals surface area contributed by atoms with E-state index in [0.717, 1.165) is 27.4 Å². The summed E-state index contributed by atoms with van der Waals surface area (Å²) in [6, 6.07) is 8.21. The lowest BCUT2D eigenvalue weighted by Crippen LogP contribution is -1.81. The van der Waals surface area contributed by atoms with Crippen LogP contribution >= 0.6 is 11.3 Å². The Morgan fingerprint density at radius 2 is 2.00 bits per heavy atom. The first kappa shape index (κ1) is 10.5. The second-order valence-electron chi connectivity index (χ2n) is 4.21. The van der Waals surface area contributed by atoms with E-state index in [-0.39, 0.29) is 0 Å². The average Bonchev–Trinajstić information content (AvgIpc) is 2.79. The Balaban J connectivity index is 2.33. The molecule has 0 N–H and O–H groups in total. The van der Waals surface area contributed by atoms with Gasteiger partial charge in [0.25, 0.3) is 0 Å². The van der Waals surface area contributed by atoms with Gasteiger partial charge in [-0.25, -0.2) is 4.98 Å². The van der Waals surface area contributed by atoms with E-state index in [2.05, 4.69) is 24.0 Å². The van der Waals surface area contributed by atoms with Gasteiger partial charge in [0.15, 0.2) is 0 Å². The van der Waals surface area contributed by atoms with Gasteiger partial charge in [0.2, 0.25) is 0 Å². The fraction of sp³-hybridized carbons (Fsp3) is 0.214. The number of fused-ring (bicyclic) bond motifs is 1. The van der Waals surface area contributed by atoms with Crippen molar-refractivity contribution in [3.63, 3.8) is 0 Å². The summed E-state index contributed by atoms with van der Waals surface area (Å²) < 4.78 is 5.65. The van der Waals surface area contributed by atoms with Gasteiger partial charge in [-0.15, -0.1) is 11.3 Å². The monoisotopic (exact) mass is 243 g/mol. The molecule has 3 heteroatoms. The molecular formula is C14H13NOS. The zero-order valence-electron chi connectivity index (χ0n) is 10.1. The minimum atomic E-state index is 0.935. The largest absolute Gasteiger partial charge is 0.461 e. The predicted molar refractivity (Wildman–Crippen MR) is 71.5 cm³/mol. The molecule has 0 atom stereocenters. The number of aryl methyl sites for hydroxylation is 3. The van der Waals surface area contributed by atoms with Gasteiger partial charge in [-0.2, -0.15) is 0 Å². The fourth-order valence-corrected chi connectivity index (χ4v) is 3.01. The number of thiazole rings is 1. The summed E-state index contributed by atoms with van der Waals surface area (Å²) in [5.41, 5.74) is 3.19. The van der Waals surface area contributed by atoms with Gasteiger partial charge >= 0.3 is 0 Å². The predicted octanol–water partition coefficient (Wildman–Crippen LogP) is 4.48. The van der Waals surface area contributed by atoms with Crippen LogP contribution in [0.1, 0.15) is 15.6 Å². The molecule has 0 aliphatic heterocycles. The molecule has 0 unspecified atom stereocenters. The molecule has 0 saturated heterocycles. The van der Waals surface area contributed by atoms with Crippen molar-refractivity contribution in [2.45, 2.75) is 20.8 Å². The van der Waals surface area contributed by atoms with E-state index in [4.69, 9.17) is 4.42 Å². The molecular weight excluding hydrogens is 230 g/mol. The summed E-state index contributed by atoms with van der Waals surface area (Å²) in [6.45, 7) is 6.14. The van der Waals surface area contributed by atoms with Crippen LogP contribution < -0.4 is 0 Å². The highest BCUT2D eigenvalue weighted by molar-refractivity contribution is 7.11. The zero-order valence-corrected chi connectivity index (χ0v) is 10.9. The summed E-state index contributed by atoms with van der Waals surface area (Å²) in [6.07, 6.45) is 0. The van der Waals surface area contributed by atoms with Crippen LogP contribution in [0.2, 0.25) is 0 Å². The normalized spacial score (nSPS) is 11.2. The first-order chi connectivity index (χ1) is 8.15. The highest BCUT2D eigenvalue weighted by Crippen LogP contribution is 2.33. The lowest BCUT2D eigenvalue weighted by atomic mass is 10.1. The fourth-order valence-electron chi connectivity index (χ4n) is 2.17. The van der Waals surface area contributed by atoms with Crippen LogP contribution in [0, 0.1) is 20.8 Å². The third-order valence-corrected chi connectivity index (χ3v) is 3.73. The lowest BCUT2D eigenvalue weighted by molar-refractivity contribution is 0.578. The molecule has 1 aromatic carbocycles. The highest BCUT2D eigenvalue weighted by Gasteiger charge is 2.12. The zero-order chi connectivity index (χ0) is 12.0. The highest BCUT2D eigenvalue weighted by atomic mass is 32.1. The Hall–Kier alpha value is -1.61. The van der Waals surface area contributed by atoms with Crippen LogP contribution in [0.25, 0.3) is 22.2 Å². The quantitative estimate of drug-likeness (QED) is 0.629. The van der Waals surface area contributed by atoms with E-state index in [9.17, 15) is 0 Å². The number of aromatic nitrogens is 1. The molecule has 2 heterocycles. The van der Waals surface area contributed by atoms with Crippen LogP contribution in [0.4, 0.5) is 0 Å². The molecule has 86 valence electrons. The van der Waals surface area contributed by atoms with Crippen LogP contribution in [0.5, 0.6) is 0 Å². The Labute approximate surface area is 104 Å². The molecule has 0 aliphatic rings. The molecule has 0 saturated carbocycles. The number of benzene rings is 1. The van der Waals surface area contributed by atoms with Crippen molar-refractivity contribution >= 4 is 22.3 Å². The van der Waals surface area contributed by atoms with Gasteiger partial charge in [-0.3, -0.25) is 0 Å². The molecule has 2 nitrogen and oxygen atoms in total. The minimum absolute atomic E-state index is 0.935. The lowest BCUT2D eigenvalue weighted by Gasteiger charge is -1.99. The van der Waals surface area contributed by atoms with Gasteiger partial charge in [0.1, 0.15) is 11.3 Å². The second kappa shape index (κ2) is 3.70. The number of rotatable bonds is 1. The first-order valence-electron chi connectivity index (χ1n) is 5.59. The van der Waals surface area contributed by atoms with Crippen molar-refractivity contribution < 1.29 is 4.42 Å². The minimum Gasteiger partial charge on any atom is -0.461 e. The van der Waals surface area contributed by atoms with E-state index < -0.39 is 0 Å². The van der Waals surface area contributed by atoms with Gasteiger partial charge in [-0.1, -0.05) is 12.1 Å². The van der Waals surface area contributed by atoms with Crippen molar-refractivity contribution in [3.05, 3.63) is 39.9 Å². The Kier molecular flexibility index (Phi) is 2.30. The molecule has 0 aliphatic carbocycles. The SMILES string of the molecule is Cc1cc2c(-c3nc(C)sc3C)cccc2o1. The van der Waals surface area contributed by atoms with Gasteiger partial charge in [0, 0.05) is 15.8 Å². The number of nitrogens with zero attached hydrogens (tertiary/aromatic N) is 1. The summed E-state index contributed by atoms with van der Waals surface area (Å²) in [7, 11) is 0. The topological polar surface area (TPSA) is 26.0 Å². The third-order valence-electron chi connectivity index (χ3n) is 2.84. The van der Waals surface area contributed by atoms with E-state index in [1.165, 1.54) is 10.4 Å². The molecule has 0 amide bonds. The van der Waals surface area contributed by atoms with Crippen LogP contribution in [0.3, 0.4) is 0 Å². The van der Waals surface area contributed by atoms with Crippen molar-refractivity contribution in [2.24, 2.45) is 0 Å². The summed E-state index contributed by atoms with van der Waals surface area (Å²) in [5, 5.41) is 2.26. The van der Waals surface area contributed by atoms with Crippen molar-refractivity contribution in [1.29, 1.82) is 0 Å². The van der Waals surface area contributed by atoms with Crippen molar-refractivity contribution in [1.82, 2.24) is 4.98 Å². The molecule has 17 heavy (non-hydrogen) atoms. The smallest absolute Gasteiger partial charge is 0.134 e. The van der Waals surface area contributed by atoms with Crippen molar-refractivity contribution in [3.8, 4) is 11.3 Å². The van der Waals surface area contributed by atoms with Crippen LogP contribution in [-0.2, 0) is 0 Å². The average molecular weight is 243 g/mol. The molecule has 3 aromatic rings. The number of hydrogen-bond acceptors (Lipinski definition) is 3. The standard InChI is InChI=1S/C14H13NOS/c1-8-7-12-11(5-4-6-13(12)16-8)14-9(2)17-10(3)15-14/h4-7H,1-3H3. The molecule has 3 rings (SSSR count). The van der Waals surface area contributed by atoms with Crippen LogP contribution in [-0.4, -0.2) is 4.98 Å². The van der Waals surface area contributed by atoms with Gasteiger partial charge < -0.3 is 4.42 Å². The first-order valence-corrected chi connectivity index (χ1v) is 6.40. The Morgan fingerprint density at radius 3 is 2.71 bits per heavy atom. The molecule has 0 fully saturated rings. The third kappa shape index (κ3) is 1.67. The van der Waals surface area contributed by atoms with Gasteiger partial charge in [-0.05, 0) is 32.9 Å². The Morgan fingerprint density at radius 1 is 1.18 bits per heavy atom. The maximum absolute atomic E-state index is 5.65. The second-order valence-corrected chi connectivity index (χ2v) is 5.62. The summed E-state index contributed by atoms with van der Waals surface area (Å²) in [4.78, 5) is 5.87. The van der Waals surface area contributed by atoms with Crippen molar-refractivity contribution in [2.75, 3.05) is 0 Å². The van der Waals surface area contributed by atoms with Crippen LogP contribution in [0.15, 0.2) is 28.7 Å². The maximum Gasteiger partial charge on any atom is 0.134 e. The summed E-state index contributed by atoms with van der Waals surface area (Å²) in [5.74, 6) is 0.942. The maximum atomic E-state index is 5.65. The molecule has 0 spiro atoms. The van der Waals surface area contributed by atoms with E-state index in [1.54, 1.807) is 11.3 Å². The van der Waals surface area contributed by atoms with E-state index in [1.807, 2.05) is 26.0 Å². The number of furan rings is 1. The molecule has 2 aromatic heterocycles. The summed E-state index contributed by atoms with van der Waals surface area (Å²) >= 11 is 1.74.